The highest BCUT2D eigenvalue weighted by molar-refractivity contribution is 7.89. The number of piperidine rings is 1. The van der Waals surface area contributed by atoms with E-state index in [0.29, 0.717) is 24.0 Å². The van der Waals surface area contributed by atoms with Gasteiger partial charge in [-0.05, 0) is 57.8 Å². The summed E-state index contributed by atoms with van der Waals surface area (Å²) in [6.45, 7) is 13.5. The predicted octanol–water partition coefficient (Wildman–Crippen LogP) is 3.11. The van der Waals surface area contributed by atoms with Crippen molar-refractivity contribution in [1.82, 2.24) is 9.21 Å². The fourth-order valence-corrected chi connectivity index (χ4v) is 5.77. The molecule has 0 amide bonds. The second-order valence-corrected chi connectivity index (χ2v) is 8.46. The van der Waals surface area contributed by atoms with Crippen LogP contribution in [0.25, 0.3) is 0 Å². The van der Waals surface area contributed by atoms with Gasteiger partial charge in [-0.25, -0.2) is 8.42 Å². The van der Waals surface area contributed by atoms with E-state index in [1.165, 1.54) is 0 Å². The maximum absolute atomic E-state index is 13.1. The lowest BCUT2D eigenvalue weighted by molar-refractivity contribution is 0.152. The Bertz CT molecular complexity index is 620. The number of rotatable bonds is 5. The van der Waals surface area contributed by atoms with Gasteiger partial charge < -0.3 is 4.90 Å². The third-order valence-corrected chi connectivity index (χ3v) is 7.16. The average molecular weight is 339 g/mol. The molecular weight excluding hydrogens is 308 g/mol. The summed E-state index contributed by atoms with van der Waals surface area (Å²) < 4.78 is 27.8. The maximum Gasteiger partial charge on any atom is 0.243 e. The fourth-order valence-electron chi connectivity index (χ4n) is 3.89. The summed E-state index contributed by atoms with van der Waals surface area (Å²) in [5, 5.41) is 0. The molecule has 1 aromatic rings. The molecule has 1 aliphatic heterocycles. The minimum Gasteiger partial charge on any atom is -0.301 e. The van der Waals surface area contributed by atoms with Gasteiger partial charge in [0.1, 0.15) is 0 Å². The second-order valence-electron chi connectivity index (χ2n) is 6.58. The highest BCUT2D eigenvalue weighted by Crippen LogP contribution is 2.28. The number of hydrogen-bond donors (Lipinski definition) is 0. The van der Waals surface area contributed by atoms with Gasteiger partial charge in [0.15, 0.2) is 0 Å². The van der Waals surface area contributed by atoms with Crippen molar-refractivity contribution in [2.24, 2.45) is 0 Å². The van der Waals surface area contributed by atoms with E-state index in [-0.39, 0.29) is 0 Å². The number of hydrogen-bond acceptors (Lipinski definition) is 3. The van der Waals surface area contributed by atoms with Gasteiger partial charge in [0.2, 0.25) is 10.0 Å². The molecule has 130 valence electrons. The maximum atomic E-state index is 13.1. The zero-order chi connectivity index (χ0) is 17.2. The van der Waals surface area contributed by atoms with Gasteiger partial charge in [0.25, 0.3) is 0 Å². The summed E-state index contributed by atoms with van der Waals surface area (Å²) in [6.07, 6.45) is 1.84. The first-order valence-corrected chi connectivity index (χ1v) is 10.1. The van der Waals surface area contributed by atoms with E-state index in [2.05, 4.69) is 18.7 Å². The molecule has 23 heavy (non-hydrogen) atoms. The summed E-state index contributed by atoms with van der Waals surface area (Å²) in [7, 11) is -3.39. The summed E-state index contributed by atoms with van der Waals surface area (Å²) in [5.41, 5.74) is 2.82. The Morgan fingerprint density at radius 3 is 1.96 bits per heavy atom. The smallest absolute Gasteiger partial charge is 0.243 e. The van der Waals surface area contributed by atoms with Crippen molar-refractivity contribution in [3.8, 4) is 0 Å². The lowest BCUT2D eigenvalue weighted by atomic mass is 10.1. The van der Waals surface area contributed by atoms with Gasteiger partial charge in [0, 0.05) is 19.1 Å². The van der Waals surface area contributed by atoms with Crippen LogP contribution >= 0.6 is 0 Å². The monoisotopic (exact) mass is 338 g/mol. The van der Waals surface area contributed by atoms with Gasteiger partial charge in [-0.3, -0.25) is 0 Å². The Labute approximate surface area is 141 Å². The Kier molecular flexibility index (Phi) is 5.87. The molecule has 1 fully saturated rings. The first-order valence-electron chi connectivity index (χ1n) is 8.63. The van der Waals surface area contributed by atoms with Crippen LogP contribution in [-0.4, -0.2) is 49.8 Å². The summed E-state index contributed by atoms with van der Waals surface area (Å²) in [4.78, 5) is 2.94. The molecule has 0 aromatic heterocycles. The molecule has 4 nitrogen and oxygen atoms in total. The molecule has 1 heterocycles. The first kappa shape index (κ1) is 18.4. The molecular formula is C18H30N2O2S. The zero-order valence-electron chi connectivity index (χ0n) is 15.1. The van der Waals surface area contributed by atoms with Crippen LogP contribution in [0, 0.1) is 20.8 Å². The van der Waals surface area contributed by atoms with E-state index in [4.69, 9.17) is 0 Å². The minimum absolute atomic E-state index is 0.504. The molecule has 0 radical (unpaired) electrons. The van der Waals surface area contributed by atoms with E-state index in [9.17, 15) is 8.42 Å². The van der Waals surface area contributed by atoms with E-state index in [1.807, 2.05) is 32.9 Å². The Morgan fingerprint density at radius 1 is 1.04 bits per heavy atom. The molecule has 0 atom stereocenters. The van der Waals surface area contributed by atoms with Crippen molar-refractivity contribution >= 4 is 10.0 Å². The standard InChI is InChI=1S/C18H30N2O2S/c1-6-19(7-2)17-8-10-20(11-9-17)23(21,22)18-15(4)12-14(3)13-16(18)5/h12-13,17H,6-11H2,1-5H3. The third-order valence-electron chi connectivity index (χ3n) is 4.95. The van der Waals surface area contributed by atoms with Crippen molar-refractivity contribution in [3.05, 3.63) is 28.8 Å². The van der Waals surface area contributed by atoms with Crippen LogP contribution in [0.1, 0.15) is 43.4 Å². The summed E-state index contributed by atoms with van der Waals surface area (Å²) in [5.74, 6) is 0. The number of nitrogens with zero attached hydrogens (tertiary/aromatic N) is 2. The zero-order valence-corrected chi connectivity index (χ0v) is 15.9. The van der Waals surface area contributed by atoms with E-state index >= 15 is 0 Å². The second kappa shape index (κ2) is 7.32. The van der Waals surface area contributed by atoms with Crippen LogP contribution in [0.15, 0.2) is 17.0 Å². The van der Waals surface area contributed by atoms with Crippen molar-refractivity contribution in [3.63, 3.8) is 0 Å². The average Bonchev–Trinajstić information content (AvgIpc) is 2.47. The van der Waals surface area contributed by atoms with Crippen LogP contribution in [0.3, 0.4) is 0 Å². The highest BCUT2D eigenvalue weighted by Gasteiger charge is 2.32. The Balaban J connectivity index is 2.20. The largest absolute Gasteiger partial charge is 0.301 e. The predicted molar refractivity (Wildman–Crippen MR) is 95.4 cm³/mol. The molecule has 0 N–H and O–H groups in total. The molecule has 2 rings (SSSR count). The number of benzene rings is 1. The van der Waals surface area contributed by atoms with Crippen LogP contribution < -0.4 is 0 Å². The van der Waals surface area contributed by atoms with Crippen LogP contribution in [0.4, 0.5) is 0 Å². The highest BCUT2D eigenvalue weighted by atomic mass is 32.2. The van der Waals surface area contributed by atoms with Crippen molar-refractivity contribution < 1.29 is 8.42 Å². The molecule has 5 heteroatoms. The van der Waals surface area contributed by atoms with Gasteiger partial charge in [-0.1, -0.05) is 31.5 Å². The quantitative estimate of drug-likeness (QED) is 0.828. The van der Waals surface area contributed by atoms with Crippen molar-refractivity contribution in [1.29, 1.82) is 0 Å². The van der Waals surface area contributed by atoms with Crippen molar-refractivity contribution in [2.75, 3.05) is 26.2 Å². The van der Waals surface area contributed by atoms with Crippen molar-refractivity contribution in [2.45, 2.75) is 58.4 Å². The normalized spacial score (nSPS) is 17.8. The number of sulfonamides is 1. The molecule has 0 spiro atoms. The van der Waals surface area contributed by atoms with Crippen LogP contribution in [-0.2, 0) is 10.0 Å². The first-order chi connectivity index (χ1) is 10.8. The molecule has 0 saturated carbocycles. The van der Waals surface area contributed by atoms with E-state index in [1.54, 1.807) is 4.31 Å². The van der Waals surface area contributed by atoms with Crippen LogP contribution in [0.5, 0.6) is 0 Å². The lowest BCUT2D eigenvalue weighted by Gasteiger charge is -2.37. The topological polar surface area (TPSA) is 40.6 Å². The molecule has 0 aliphatic carbocycles. The fraction of sp³-hybridized carbons (Fsp3) is 0.667. The van der Waals surface area contributed by atoms with Crippen LogP contribution in [0.2, 0.25) is 0 Å². The Hall–Kier alpha value is -0.910. The molecule has 1 aromatic carbocycles. The Morgan fingerprint density at radius 2 is 1.52 bits per heavy atom. The van der Waals surface area contributed by atoms with E-state index in [0.717, 1.165) is 42.6 Å². The molecule has 1 saturated heterocycles. The molecule has 1 aliphatic rings. The van der Waals surface area contributed by atoms with Gasteiger partial charge >= 0.3 is 0 Å². The van der Waals surface area contributed by atoms with Gasteiger partial charge in [-0.15, -0.1) is 0 Å². The molecule has 0 unspecified atom stereocenters. The van der Waals surface area contributed by atoms with Gasteiger partial charge in [-0.2, -0.15) is 4.31 Å². The summed E-state index contributed by atoms with van der Waals surface area (Å²) in [6, 6.07) is 4.43. The minimum atomic E-state index is -3.39. The summed E-state index contributed by atoms with van der Waals surface area (Å²) >= 11 is 0. The lowest BCUT2D eigenvalue weighted by Crippen LogP contribution is -2.46. The number of aryl methyl sites for hydroxylation is 3. The van der Waals surface area contributed by atoms with E-state index < -0.39 is 10.0 Å². The van der Waals surface area contributed by atoms with Gasteiger partial charge in [0.05, 0.1) is 4.90 Å². The molecule has 0 bridgehead atoms. The third kappa shape index (κ3) is 3.78. The SMILES string of the molecule is CCN(CC)C1CCN(S(=O)(=O)c2c(C)cc(C)cc2C)CC1.